The maximum Gasteiger partial charge on any atom is 0.0914 e. The second-order valence-electron chi connectivity index (χ2n) is 5.15. The zero-order valence-electron chi connectivity index (χ0n) is 11.3. The molecular formula is C15H23NO2. The maximum atomic E-state index is 10.1. The molecular weight excluding hydrogens is 226 g/mol. The third kappa shape index (κ3) is 3.55. The molecule has 0 aliphatic carbocycles. The first-order valence-corrected chi connectivity index (χ1v) is 6.74. The minimum absolute atomic E-state index is 0.331. The summed E-state index contributed by atoms with van der Waals surface area (Å²) in [5, 5.41) is 13.4. The smallest absolute Gasteiger partial charge is 0.0914 e. The van der Waals surface area contributed by atoms with Gasteiger partial charge in [-0.3, -0.25) is 0 Å². The molecule has 1 fully saturated rings. The standard InChI is InChI=1S/C15H23NO2/c1-11-5-6-13(8-12(11)2)15(17)10-16-9-14-4-3-7-18-14/h5-6,8,14-17H,3-4,7,9-10H2,1-2H3. The maximum absolute atomic E-state index is 10.1. The van der Waals surface area contributed by atoms with Crippen LogP contribution in [0, 0.1) is 13.8 Å². The average molecular weight is 249 g/mol. The molecule has 1 aliphatic rings. The molecule has 3 nitrogen and oxygen atoms in total. The van der Waals surface area contributed by atoms with Gasteiger partial charge in [-0.2, -0.15) is 0 Å². The first-order chi connectivity index (χ1) is 8.66. The van der Waals surface area contributed by atoms with Crippen molar-refractivity contribution in [3.8, 4) is 0 Å². The fraction of sp³-hybridized carbons (Fsp3) is 0.600. The van der Waals surface area contributed by atoms with Crippen molar-refractivity contribution in [1.29, 1.82) is 0 Å². The van der Waals surface area contributed by atoms with Gasteiger partial charge in [0.25, 0.3) is 0 Å². The zero-order valence-corrected chi connectivity index (χ0v) is 11.3. The monoisotopic (exact) mass is 249 g/mol. The predicted octanol–water partition coefficient (Wildman–Crippen LogP) is 2.11. The van der Waals surface area contributed by atoms with Crippen molar-refractivity contribution < 1.29 is 9.84 Å². The van der Waals surface area contributed by atoms with Gasteiger partial charge in [0.05, 0.1) is 12.2 Å². The summed E-state index contributed by atoms with van der Waals surface area (Å²) >= 11 is 0. The summed E-state index contributed by atoms with van der Waals surface area (Å²) in [5.41, 5.74) is 3.47. The molecule has 2 rings (SSSR count). The Morgan fingerprint density at radius 3 is 2.89 bits per heavy atom. The fourth-order valence-electron chi connectivity index (χ4n) is 2.28. The van der Waals surface area contributed by atoms with Crippen LogP contribution in [0.2, 0.25) is 0 Å². The van der Waals surface area contributed by atoms with Gasteiger partial charge < -0.3 is 15.2 Å². The Kier molecular flexibility index (Phi) is 4.75. The highest BCUT2D eigenvalue weighted by Crippen LogP contribution is 2.17. The van der Waals surface area contributed by atoms with Crippen LogP contribution in [0.1, 0.15) is 35.6 Å². The Bertz CT molecular complexity index is 386. The second-order valence-corrected chi connectivity index (χ2v) is 5.15. The first kappa shape index (κ1) is 13.5. The summed E-state index contributed by atoms with van der Waals surface area (Å²) in [6, 6.07) is 6.13. The number of aliphatic hydroxyl groups excluding tert-OH is 1. The van der Waals surface area contributed by atoms with E-state index in [1.807, 2.05) is 6.07 Å². The molecule has 18 heavy (non-hydrogen) atoms. The number of ether oxygens (including phenoxy) is 1. The summed E-state index contributed by atoms with van der Waals surface area (Å²) in [6.07, 6.45) is 2.18. The molecule has 2 unspecified atom stereocenters. The molecule has 0 aromatic heterocycles. The van der Waals surface area contributed by atoms with Crippen LogP contribution in [0.15, 0.2) is 18.2 Å². The quantitative estimate of drug-likeness (QED) is 0.839. The minimum atomic E-state index is -0.439. The van der Waals surface area contributed by atoms with Crippen LogP contribution in [0.5, 0.6) is 0 Å². The molecule has 0 bridgehead atoms. The minimum Gasteiger partial charge on any atom is -0.387 e. The molecule has 0 spiro atoms. The summed E-state index contributed by atoms with van der Waals surface area (Å²) in [4.78, 5) is 0. The van der Waals surface area contributed by atoms with Crippen molar-refractivity contribution in [2.45, 2.75) is 38.9 Å². The van der Waals surface area contributed by atoms with Crippen molar-refractivity contribution in [3.63, 3.8) is 0 Å². The zero-order chi connectivity index (χ0) is 13.0. The van der Waals surface area contributed by atoms with E-state index in [0.29, 0.717) is 12.6 Å². The van der Waals surface area contributed by atoms with Gasteiger partial charge in [-0.1, -0.05) is 18.2 Å². The van der Waals surface area contributed by atoms with Gasteiger partial charge in [0, 0.05) is 19.7 Å². The van der Waals surface area contributed by atoms with Crippen molar-refractivity contribution in [3.05, 3.63) is 34.9 Å². The number of rotatable bonds is 5. The van der Waals surface area contributed by atoms with Gasteiger partial charge >= 0.3 is 0 Å². The van der Waals surface area contributed by atoms with E-state index in [0.717, 1.165) is 31.6 Å². The molecule has 1 heterocycles. The second kappa shape index (κ2) is 6.32. The third-order valence-corrected chi connectivity index (χ3v) is 3.65. The summed E-state index contributed by atoms with van der Waals surface area (Å²) in [7, 11) is 0. The molecule has 2 atom stereocenters. The van der Waals surface area contributed by atoms with Gasteiger partial charge in [0.1, 0.15) is 0 Å². The molecule has 100 valence electrons. The normalized spacial score (nSPS) is 21.2. The van der Waals surface area contributed by atoms with E-state index in [9.17, 15) is 5.11 Å². The van der Waals surface area contributed by atoms with Crippen LogP contribution < -0.4 is 5.32 Å². The number of benzene rings is 1. The highest BCUT2D eigenvalue weighted by molar-refractivity contribution is 5.31. The Labute approximate surface area is 109 Å². The van der Waals surface area contributed by atoms with Crippen LogP contribution in [-0.2, 0) is 4.74 Å². The van der Waals surface area contributed by atoms with E-state index in [1.54, 1.807) is 0 Å². The van der Waals surface area contributed by atoms with E-state index in [1.165, 1.54) is 11.1 Å². The number of hydrogen-bond donors (Lipinski definition) is 2. The van der Waals surface area contributed by atoms with Crippen LogP contribution in [0.25, 0.3) is 0 Å². The Morgan fingerprint density at radius 1 is 1.39 bits per heavy atom. The fourth-order valence-corrected chi connectivity index (χ4v) is 2.28. The van der Waals surface area contributed by atoms with Crippen LogP contribution in [0.3, 0.4) is 0 Å². The molecule has 1 saturated heterocycles. The molecule has 0 amide bonds. The summed E-state index contributed by atoms with van der Waals surface area (Å²) < 4.78 is 5.53. The van der Waals surface area contributed by atoms with E-state index in [-0.39, 0.29) is 0 Å². The Hall–Kier alpha value is -0.900. The topological polar surface area (TPSA) is 41.5 Å². The number of aliphatic hydroxyl groups is 1. The third-order valence-electron chi connectivity index (χ3n) is 3.65. The molecule has 1 aliphatic heterocycles. The van der Waals surface area contributed by atoms with Gasteiger partial charge in [0.2, 0.25) is 0 Å². The van der Waals surface area contributed by atoms with Crippen molar-refractivity contribution in [2.75, 3.05) is 19.7 Å². The van der Waals surface area contributed by atoms with Crippen LogP contribution >= 0.6 is 0 Å². The molecule has 0 saturated carbocycles. The van der Waals surface area contributed by atoms with Crippen LogP contribution in [0.4, 0.5) is 0 Å². The van der Waals surface area contributed by atoms with Crippen molar-refractivity contribution >= 4 is 0 Å². The van der Waals surface area contributed by atoms with E-state index in [4.69, 9.17) is 4.74 Å². The molecule has 1 aromatic carbocycles. The summed E-state index contributed by atoms with van der Waals surface area (Å²) in [5.74, 6) is 0. The Balaban J connectivity index is 1.79. The molecule has 3 heteroatoms. The van der Waals surface area contributed by atoms with Gasteiger partial charge in [0.15, 0.2) is 0 Å². The number of hydrogen-bond acceptors (Lipinski definition) is 3. The van der Waals surface area contributed by atoms with Gasteiger partial charge in [-0.15, -0.1) is 0 Å². The highest BCUT2D eigenvalue weighted by atomic mass is 16.5. The van der Waals surface area contributed by atoms with E-state index in [2.05, 4.69) is 31.3 Å². The number of aryl methyl sites for hydroxylation is 2. The Morgan fingerprint density at radius 2 is 2.22 bits per heavy atom. The molecule has 1 aromatic rings. The predicted molar refractivity (Wildman–Crippen MR) is 72.7 cm³/mol. The number of nitrogens with one attached hydrogen (secondary N) is 1. The van der Waals surface area contributed by atoms with Crippen molar-refractivity contribution in [2.24, 2.45) is 0 Å². The van der Waals surface area contributed by atoms with Gasteiger partial charge in [-0.05, 0) is 43.4 Å². The lowest BCUT2D eigenvalue weighted by Crippen LogP contribution is -2.29. The first-order valence-electron chi connectivity index (χ1n) is 6.74. The SMILES string of the molecule is Cc1ccc(C(O)CNCC2CCCO2)cc1C. The van der Waals surface area contributed by atoms with E-state index >= 15 is 0 Å². The lowest BCUT2D eigenvalue weighted by molar-refractivity contribution is 0.103. The lowest BCUT2D eigenvalue weighted by Gasteiger charge is -2.15. The van der Waals surface area contributed by atoms with Crippen LogP contribution in [-0.4, -0.2) is 30.9 Å². The van der Waals surface area contributed by atoms with Gasteiger partial charge in [-0.25, -0.2) is 0 Å². The lowest BCUT2D eigenvalue weighted by atomic mass is 10.0. The highest BCUT2D eigenvalue weighted by Gasteiger charge is 2.15. The molecule has 2 N–H and O–H groups in total. The van der Waals surface area contributed by atoms with E-state index < -0.39 is 6.10 Å². The average Bonchev–Trinajstić information content (AvgIpc) is 2.85. The van der Waals surface area contributed by atoms with Crippen molar-refractivity contribution in [1.82, 2.24) is 5.32 Å². The largest absolute Gasteiger partial charge is 0.387 e. The summed E-state index contributed by atoms with van der Waals surface area (Å²) in [6.45, 7) is 6.46. The molecule has 0 radical (unpaired) electrons.